The summed E-state index contributed by atoms with van der Waals surface area (Å²) in [6.45, 7) is 3.55. The number of ether oxygens (including phenoxy) is 1. The first-order valence-electron chi connectivity index (χ1n) is 5.37. The van der Waals surface area contributed by atoms with Crippen LogP contribution in [-0.4, -0.2) is 22.3 Å². The molecule has 0 aliphatic rings. The number of rotatable bonds is 3. The summed E-state index contributed by atoms with van der Waals surface area (Å²) in [5.41, 5.74) is 0.831. The summed E-state index contributed by atoms with van der Waals surface area (Å²) >= 11 is 0. The number of hydrogen-bond acceptors (Lipinski definition) is 3. The molecule has 1 aromatic heterocycles. The highest BCUT2D eigenvalue weighted by atomic mass is 16.5. The molecule has 2 rings (SSSR count). The fourth-order valence-electron chi connectivity index (χ4n) is 1.47. The number of nitrogens with zero attached hydrogens (tertiary/aromatic N) is 1. The maximum absolute atomic E-state index is 9.41. The largest absolute Gasteiger partial charge is 0.486 e. The number of fused-ring (bicyclic) bond motifs is 1. The molecule has 0 spiro atoms. The van der Waals surface area contributed by atoms with Crippen molar-refractivity contribution in [3.05, 3.63) is 36.5 Å². The molecule has 16 heavy (non-hydrogen) atoms. The lowest BCUT2D eigenvalue weighted by Gasteiger charge is -2.17. The molecule has 0 radical (unpaired) electrons. The molecule has 0 aliphatic heterocycles. The maximum Gasteiger partial charge on any atom is 0.146 e. The van der Waals surface area contributed by atoms with Gasteiger partial charge in [-0.15, -0.1) is 0 Å². The van der Waals surface area contributed by atoms with Crippen LogP contribution in [0.25, 0.3) is 10.9 Å². The molecule has 1 heterocycles. The highest BCUT2D eigenvalue weighted by molar-refractivity contribution is 5.84. The molecule has 1 aromatic carbocycles. The minimum atomic E-state index is -0.501. The van der Waals surface area contributed by atoms with Crippen LogP contribution < -0.4 is 4.74 Å². The zero-order valence-electron chi connectivity index (χ0n) is 9.42. The molecule has 1 unspecified atom stereocenters. The molecule has 1 N–H and O–H groups in total. The van der Waals surface area contributed by atoms with Gasteiger partial charge in [-0.05, 0) is 26.0 Å². The van der Waals surface area contributed by atoms with E-state index in [1.165, 1.54) is 0 Å². The average Bonchev–Trinajstić information content (AvgIpc) is 2.29. The molecule has 0 fully saturated rings. The third kappa shape index (κ3) is 2.14. The van der Waals surface area contributed by atoms with Crippen LogP contribution in [0.2, 0.25) is 0 Å². The van der Waals surface area contributed by atoms with Gasteiger partial charge in [-0.3, -0.25) is 4.98 Å². The highest BCUT2D eigenvalue weighted by Crippen LogP contribution is 2.24. The van der Waals surface area contributed by atoms with Crippen molar-refractivity contribution in [3.8, 4) is 5.75 Å². The lowest BCUT2D eigenvalue weighted by atomic mass is 10.2. The fraction of sp³-hybridized carbons (Fsp3) is 0.308. The Bertz CT molecular complexity index is 477. The van der Waals surface area contributed by atoms with Gasteiger partial charge in [0.1, 0.15) is 17.4 Å². The fourth-order valence-corrected chi connectivity index (χ4v) is 1.47. The Kier molecular flexibility index (Phi) is 3.06. The number of aromatic nitrogens is 1. The standard InChI is InChI=1S/C13H15NO2/c1-9(15)10(2)16-12-7-3-5-11-6-4-8-14-13(11)12/h3-10,15H,1-2H3/t9-,10?/m1/s1. The molecule has 2 aromatic rings. The Labute approximate surface area is 94.7 Å². The molecule has 3 nitrogen and oxygen atoms in total. The number of aliphatic hydroxyl groups is 1. The molecule has 0 amide bonds. The second kappa shape index (κ2) is 4.49. The highest BCUT2D eigenvalue weighted by Gasteiger charge is 2.12. The van der Waals surface area contributed by atoms with Gasteiger partial charge in [0, 0.05) is 11.6 Å². The normalized spacial score (nSPS) is 14.7. The van der Waals surface area contributed by atoms with E-state index in [1.807, 2.05) is 37.3 Å². The number of para-hydroxylation sites is 1. The van der Waals surface area contributed by atoms with Crippen molar-refractivity contribution >= 4 is 10.9 Å². The van der Waals surface area contributed by atoms with Crippen LogP contribution in [0.1, 0.15) is 13.8 Å². The van der Waals surface area contributed by atoms with E-state index >= 15 is 0 Å². The van der Waals surface area contributed by atoms with Gasteiger partial charge in [0.25, 0.3) is 0 Å². The number of aliphatic hydroxyl groups excluding tert-OH is 1. The van der Waals surface area contributed by atoms with E-state index in [1.54, 1.807) is 13.1 Å². The Balaban J connectivity index is 2.37. The minimum Gasteiger partial charge on any atom is -0.486 e. The van der Waals surface area contributed by atoms with Crippen molar-refractivity contribution in [1.82, 2.24) is 4.98 Å². The van der Waals surface area contributed by atoms with Crippen molar-refractivity contribution in [2.45, 2.75) is 26.1 Å². The first-order chi connectivity index (χ1) is 7.68. The van der Waals surface area contributed by atoms with Gasteiger partial charge in [0.05, 0.1) is 6.10 Å². The summed E-state index contributed by atoms with van der Waals surface area (Å²) in [6.07, 6.45) is 0.994. The van der Waals surface area contributed by atoms with E-state index < -0.39 is 6.10 Å². The second-order valence-electron chi connectivity index (χ2n) is 3.89. The molecular weight excluding hydrogens is 202 g/mol. The van der Waals surface area contributed by atoms with Crippen molar-refractivity contribution in [1.29, 1.82) is 0 Å². The third-order valence-electron chi connectivity index (χ3n) is 2.59. The molecule has 2 atom stereocenters. The predicted octanol–water partition coefficient (Wildman–Crippen LogP) is 2.38. The minimum absolute atomic E-state index is 0.243. The topological polar surface area (TPSA) is 42.4 Å². The Hall–Kier alpha value is -1.61. The van der Waals surface area contributed by atoms with Gasteiger partial charge in [-0.1, -0.05) is 18.2 Å². The first kappa shape index (κ1) is 10.9. The van der Waals surface area contributed by atoms with Crippen LogP contribution in [0.5, 0.6) is 5.75 Å². The van der Waals surface area contributed by atoms with E-state index in [9.17, 15) is 5.11 Å². The van der Waals surface area contributed by atoms with Crippen LogP contribution in [0.15, 0.2) is 36.5 Å². The second-order valence-corrected chi connectivity index (χ2v) is 3.89. The summed E-state index contributed by atoms with van der Waals surface area (Å²) in [4.78, 5) is 4.29. The lowest BCUT2D eigenvalue weighted by molar-refractivity contribution is 0.0613. The summed E-state index contributed by atoms with van der Waals surface area (Å²) < 4.78 is 5.68. The molecule has 3 heteroatoms. The molecule has 0 saturated carbocycles. The van der Waals surface area contributed by atoms with Crippen LogP contribution >= 0.6 is 0 Å². The van der Waals surface area contributed by atoms with Crippen LogP contribution in [0, 0.1) is 0 Å². The molecule has 0 bridgehead atoms. The van der Waals surface area contributed by atoms with Gasteiger partial charge in [0.2, 0.25) is 0 Å². The molecule has 0 aliphatic carbocycles. The van der Waals surface area contributed by atoms with Gasteiger partial charge >= 0.3 is 0 Å². The lowest BCUT2D eigenvalue weighted by Crippen LogP contribution is -2.25. The summed E-state index contributed by atoms with van der Waals surface area (Å²) in [5.74, 6) is 0.714. The smallest absolute Gasteiger partial charge is 0.146 e. The van der Waals surface area contributed by atoms with Crippen molar-refractivity contribution in [2.75, 3.05) is 0 Å². The van der Waals surface area contributed by atoms with Crippen LogP contribution in [-0.2, 0) is 0 Å². The van der Waals surface area contributed by atoms with Crippen molar-refractivity contribution in [2.24, 2.45) is 0 Å². The van der Waals surface area contributed by atoms with Crippen molar-refractivity contribution < 1.29 is 9.84 Å². The van der Waals surface area contributed by atoms with Gasteiger partial charge in [-0.2, -0.15) is 0 Å². The average molecular weight is 217 g/mol. The quantitative estimate of drug-likeness (QED) is 0.858. The first-order valence-corrected chi connectivity index (χ1v) is 5.37. The molecule has 84 valence electrons. The number of pyridine rings is 1. The Morgan fingerprint density at radius 1 is 1.19 bits per heavy atom. The zero-order valence-corrected chi connectivity index (χ0v) is 9.42. The third-order valence-corrected chi connectivity index (χ3v) is 2.59. The Morgan fingerprint density at radius 2 is 1.94 bits per heavy atom. The predicted molar refractivity (Wildman–Crippen MR) is 63.5 cm³/mol. The van der Waals surface area contributed by atoms with Gasteiger partial charge < -0.3 is 9.84 Å². The van der Waals surface area contributed by atoms with E-state index in [4.69, 9.17) is 4.74 Å². The SMILES string of the molecule is CC(Oc1cccc2cccnc12)[C@@H](C)O. The zero-order chi connectivity index (χ0) is 11.5. The number of hydrogen-bond donors (Lipinski definition) is 1. The van der Waals surface area contributed by atoms with Crippen LogP contribution in [0.3, 0.4) is 0 Å². The van der Waals surface area contributed by atoms with E-state index in [-0.39, 0.29) is 6.10 Å². The van der Waals surface area contributed by atoms with Crippen LogP contribution in [0.4, 0.5) is 0 Å². The van der Waals surface area contributed by atoms with Gasteiger partial charge in [-0.25, -0.2) is 0 Å². The van der Waals surface area contributed by atoms with E-state index in [0.717, 1.165) is 10.9 Å². The van der Waals surface area contributed by atoms with Crippen molar-refractivity contribution in [3.63, 3.8) is 0 Å². The van der Waals surface area contributed by atoms with E-state index in [0.29, 0.717) is 5.75 Å². The summed E-state index contributed by atoms with van der Waals surface area (Å²) in [7, 11) is 0. The Morgan fingerprint density at radius 3 is 2.69 bits per heavy atom. The number of benzene rings is 1. The summed E-state index contributed by atoms with van der Waals surface area (Å²) in [6, 6.07) is 9.66. The summed E-state index contributed by atoms with van der Waals surface area (Å²) in [5, 5.41) is 10.4. The molecular formula is C13H15NO2. The van der Waals surface area contributed by atoms with E-state index in [2.05, 4.69) is 4.98 Å². The van der Waals surface area contributed by atoms with Gasteiger partial charge in [0.15, 0.2) is 0 Å². The molecule has 0 saturated heterocycles. The maximum atomic E-state index is 9.41. The monoisotopic (exact) mass is 217 g/mol.